The van der Waals surface area contributed by atoms with Gasteiger partial charge in [-0.1, -0.05) is 18.2 Å². The van der Waals surface area contributed by atoms with Crippen molar-refractivity contribution in [1.82, 2.24) is 24.8 Å². The van der Waals surface area contributed by atoms with Gasteiger partial charge < -0.3 is 15.0 Å². The highest BCUT2D eigenvalue weighted by Gasteiger charge is 2.26. The van der Waals surface area contributed by atoms with Crippen molar-refractivity contribution in [2.45, 2.75) is 18.9 Å². The van der Waals surface area contributed by atoms with E-state index >= 15 is 0 Å². The first-order valence-corrected chi connectivity index (χ1v) is 11.3. The average molecular weight is 447 g/mol. The van der Waals surface area contributed by atoms with Gasteiger partial charge in [-0.2, -0.15) is 0 Å². The molecule has 0 radical (unpaired) electrons. The number of morpholine rings is 1. The highest BCUT2D eigenvalue weighted by molar-refractivity contribution is 7.18. The van der Waals surface area contributed by atoms with Crippen LogP contribution in [-0.2, 0) is 16.0 Å². The number of hydrogen-bond donors (Lipinski definition) is 1. The Morgan fingerprint density at radius 2 is 2.06 bits per heavy atom. The van der Waals surface area contributed by atoms with Crippen molar-refractivity contribution >= 4 is 39.1 Å². The summed E-state index contributed by atoms with van der Waals surface area (Å²) in [6, 6.07) is 13.8. The van der Waals surface area contributed by atoms with E-state index in [0.717, 1.165) is 20.9 Å². The molecule has 0 bridgehead atoms. The fraction of sp³-hybridized carbons (Fsp3) is 0.261. The fourth-order valence-corrected chi connectivity index (χ4v) is 4.62. The minimum atomic E-state index is -0.265. The Labute approximate surface area is 189 Å². The van der Waals surface area contributed by atoms with Crippen LogP contribution in [0, 0.1) is 0 Å². The van der Waals surface area contributed by atoms with E-state index in [-0.39, 0.29) is 12.0 Å². The molecule has 1 aliphatic heterocycles. The van der Waals surface area contributed by atoms with E-state index in [1.54, 1.807) is 29.9 Å². The Morgan fingerprint density at radius 3 is 2.94 bits per heavy atom. The first-order valence-electron chi connectivity index (χ1n) is 10.5. The number of anilines is 2. The van der Waals surface area contributed by atoms with Gasteiger partial charge in [0, 0.05) is 31.8 Å². The molecule has 32 heavy (non-hydrogen) atoms. The van der Waals surface area contributed by atoms with Crippen molar-refractivity contribution in [3.05, 3.63) is 71.8 Å². The lowest BCUT2D eigenvalue weighted by molar-refractivity contribution is -0.139. The quantitative estimate of drug-likeness (QED) is 0.482. The van der Waals surface area contributed by atoms with Gasteiger partial charge in [0.2, 0.25) is 5.91 Å². The number of ether oxygens (including phenoxy) is 1. The largest absolute Gasteiger partial charge is 0.368 e. The summed E-state index contributed by atoms with van der Waals surface area (Å²) in [6.07, 6.45) is 5.70. The predicted molar refractivity (Wildman–Crippen MR) is 123 cm³/mol. The molecule has 4 aromatic rings. The lowest BCUT2D eigenvalue weighted by atomic mass is 10.1. The minimum absolute atomic E-state index is 0.117. The number of carbonyl (C=O) groups is 1. The molecule has 1 N–H and O–H groups in total. The number of pyridine rings is 1. The molecule has 0 saturated carbocycles. The molecule has 5 rings (SSSR count). The zero-order valence-electron chi connectivity index (χ0n) is 17.3. The molecule has 1 aliphatic rings. The number of rotatable bonds is 6. The normalized spacial score (nSPS) is 16.2. The Bertz CT molecular complexity index is 1180. The fourth-order valence-electron chi connectivity index (χ4n) is 3.65. The molecule has 0 aliphatic carbocycles. The number of fused-ring (bicyclic) bond motifs is 1. The number of amides is 1. The first-order chi connectivity index (χ1) is 15.7. The van der Waals surface area contributed by atoms with Gasteiger partial charge in [-0.3, -0.25) is 9.78 Å². The highest BCUT2D eigenvalue weighted by Crippen LogP contribution is 2.25. The molecule has 8 nitrogen and oxygen atoms in total. The van der Waals surface area contributed by atoms with Gasteiger partial charge in [-0.15, -0.1) is 11.3 Å². The summed E-state index contributed by atoms with van der Waals surface area (Å²) in [5.74, 6) is 1.39. The predicted octanol–water partition coefficient (Wildman–Crippen LogP) is 3.76. The Balaban J connectivity index is 1.21. The lowest BCUT2D eigenvalue weighted by Gasteiger charge is -2.32. The topological polar surface area (TPSA) is 93.1 Å². The molecule has 1 amide bonds. The second kappa shape index (κ2) is 9.37. The van der Waals surface area contributed by atoms with Gasteiger partial charge >= 0.3 is 0 Å². The van der Waals surface area contributed by atoms with Crippen LogP contribution in [0.15, 0.2) is 61.1 Å². The second-order valence-electron chi connectivity index (χ2n) is 7.44. The van der Waals surface area contributed by atoms with Crippen LogP contribution in [0.4, 0.5) is 11.6 Å². The number of aromatic nitrogens is 4. The van der Waals surface area contributed by atoms with Gasteiger partial charge in [-0.25, -0.2) is 15.0 Å². The highest BCUT2D eigenvalue weighted by atomic mass is 32.1. The SMILES string of the molecule is O=C(CCc1nc2ccccc2s1)N1CCO[C@H](c2cccc(Nc3cnccn3)n2)C1. The maximum Gasteiger partial charge on any atom is 0.223 e. The zero-order valence-corrected chi connectivity index (χ0v) is 18.2. The van der Waals surface area contributed by atoms with Crippen molar-refractivity contribution < 1.29 is 9.53 Å². The number of hydrogen-bond acceptors (Lipinski definition) is 8. The molecular formula is C23H22N6O2S. The number of benzene rings is 1. The smallest absolute Gasteiger partial charge is 0.223 e. The summed E-state index contributed by atoms with van der Waals surface area (Å²) in [6.45, 7) is 1.56. The van der Waals surface area contributed by atoms with Crippen molar-refractivity contribution in [3.8, 4) is 0 Å². The monoisotopic (exact) mass is 446 g/mol. The van der Waals surface area contributed by atoms with Gasteiger partial charge in [0.25, 0.3) is 0 Å². The van der Waals surface area contributed by atoms with E-state index in [0.29, 0.717) is 44.2 Å². The summed E-state index contributed by atoms with van der Waals surface area (Å²) in [5, 5.41) is 4.13. The number of carbonyl (C=O) groups excluding carboxylic acids is 1. The van der Waals surface area contributed by atoms with Gasteiger partial charge in [-0.05, 0) is 24.3 Å². The summed E-state index contributed by atoms with van der Waals surface area (Å²) < 4.78 is 7.08. The van der Waals surface area contributed by atoms with Gasteiger partial charge in [0.15, 0.2) is 0 Å². The van der Waals surface area contributed by atoms with Crippen LogP contribution in [0.25, 0.3) is 10.2 Å². The van der Waals surface area contributed by atoms with E-state index in [1.807, 2.05) is 41.3 Å². The number of nitrogens with one attached hydrogen (secondary N) is 1. The van der Waals surface area contributed by atoms with Gasteiger partial charge in [0.05, 0.1) is 40.3 Å². The number of aryl methyl sites for hydroxylation is 1. The number of para-hydroxylation sites is 1. The van der Waals surface area contributed by atoms with Crippen LogP contribution in [0.1, 0.15) is 23.2 Å². The summed E-state index contributed by atoms with van der Waals surface area (Å²) in [7, 11) is 0. The van der Waals surface area contributed by atoms with Gasteiger partial charge in [0.1, 0.15) is 17.7 Å². The van der Waals surface area contributed by atoms with Crippen molar-refractivity contribution in [1.29, 1.82) is 0 Å². The molecule has 4 heterocycles. The third-order valence-electron chi connectivity index (χ3n) is 5.23. The molecular weight excluding hydrogens is 424 g/mol. The molecule has 0 unspecified atom stereocenters. The molecule has 1 aromatic carbocycles. The standard InChI is InChI=1S/C23H22N6O2S/c30-23(9-8-22-27-17-4-1-2-6-19(17)32-22)29-12-13-31-18(15-29)16-5-3-7-20(26-16)28-21-14-24-10-11-25-21/h1-7,10-11,14,18H,8-9,12-13,15H2,(H,25,26,28)/t18-/m0/s1. The minimum Gasteiger partial charge on any atom is -0.368 e. The second-order valence-corrected chi connectivity index (χ2v) is 8.55. The molecule has 3 aromatic heterocycles. The van der Waals surface area contributed by atoms with E-state index < -0.39 is 0 Å². The van der Waals surface area contributed by atoms with Crippen LogP contribution in [0.5, 0.6) is 0 Å². The van der Waals surface area contributed by atoms with Crippen LogP contribution < -0.4 is 5.32 Å². The average Bonchev–Trinajstić information content (AvgIpc) is 3.27. The maximum atomic E-state index is 12.9. The van der Waals surface area contributed by atoms with E-state index in [9.17, 15) is 4.79 Å². The third kappa shape index (κ3) is 4.74. The third-order valence-corrected chi connectivity index (χ3v) is 6.33. The summed E-state index contributed by atoms with van der Waals surface area (Å²) >= 11 is 1.65. The summed E-state index contributed by atoms with van der Waals surface area (Å²) in [5.41, 5.74) is 1.77. The Hall–Kier alpha value is -3.43. The molecule has 1 fully saturated rings. The maximum absolute atomic E-state index is 12.9. The Morgan fingerprint density at radius 1 is 1.12 bits per heavy atom. The van der Waals surface area contributed by atoms with Crippen LogP contribution in [-0.4, -0.2) is 50.4 Å². The van der Waals surface area contributed by atoms with Crippen molar-refractivity contribution in [3.63, 3.8) is 0 Å². The summed E-state index contributed by atoms with van der Waals surface area (Å²) in [4.78, 5) is 32.3. The molecule has 0 spiro atoms. The Kier molecular flexibility index (Phi) is 6.00. The van der Waals surface area contributed by atoms with Crippen LogP contribution in [0.3, 0.4) is 0 Å². The zero-order chi connectivity index (χ0) is 21.8. The van der Waals surface area contributed by atoms with E-state index in [4.69, 9.17) is 4.74 Å². The number of nitrogens with zero attached hydrogens (tertiary/aromatic N) is 5. The number of thiazole rings is 1. The molecule has 1 atom stereocenters. The molecule has 9 heteroatoms. The van der Waals surface area contributed by atoms with E-state index in [2.05, 4.69) is 31.3 Å². The van der Waals surface area contributed by atoms with Crippen LogP contribution in [0.2, 0.25) is 0 Å². The van der Waals surface area contributed by atoms with Crippen LogP contribution >= 0.6 is 11.3 Å². The van der Waals surface area contributed by atoms with Crippen molar-refractivity contribution in [2.75, 3.05) is 25.0 Å². The molecule has 1 saturated heterocycles. The van der Waals surface area contributed by atoms with E-state index in [1.165, 1.54) is 0 Å². The first kappa shape index (κ1) is 20.5. The van der Waals surface area contributed by atoms with Crippen molar-refractivity contribution in [2.24, 2.45) is 0 Å². The lowest BCUT2D eigenvalue weighted by Crippen LogP contribution is -2.42. The molecule has 162 valence electrons.